The molecule has 1 amide bonds. The number of rotatable bonds is 2. The molecule has 3 nitrogen and oxygen atoms in total. The summed E-state index contributed by atoms with van der Waals surface area (Å²) in [5.74, 6) is -0.102. The second kappa shape index (κ2) is 4.82. The summed E-state index contributed by atoms with van der Waals surface area (Å²) >= 11 is 1.22. The van der Waals surface area contributed by atoms with Gasteiger partial charge >= 0.3 is 0 Å². The molecule has 0 radical (unpaired) electrons. The van der Waals surface area contributed by atoms with Gasteiger partial charge in [0, 0.05) is 6.92 Å². The van der Waals surface area contributed by atoms with Gasteiger partial charge in [-0.25, -0.2) is 0 Å². The van der Waals surface area contributed by atoms with Gasteiger partial charge in [-0.1, -0.05) is 31.0 Å². The molecule has 1 N–H and O–H groups in total. The van der Waals surface area contributed by atoms with Gasteiger partial charge in [-0.2, -0.15) is 0 Å². The molecule has 80 valence electrons. The first-order valence-electron chi connectivity index (χ1n) is 4.98. The van der Waals surface area contributed by atoms with Gasteiger partial charge in [0.2, 0.25) is 11.0 Å². The molecule has 0 aromatic rings. The van der Waals surface area contributed by atoms with Crippen LogP contribution in [0.3, 0.4) is 0 Å². The van der Waals surface area contributed by atoms with Crippen LogP contribution in [0.15, 0.2) is 0 Å². The summed E-state index contributed by atoms with van der Waals surface area (Å²) in [4.78, 5) is 22.8. The molecule has 1 aliphatic rings. The lowest BCUT2D eigenvalue weighted by Gasteiger charge is -2.35. The second-order valence-electron chi connectivity index (χ2n) is 3.82. The second-order valence-corrected chi connectivity index (χ2v) is 4.59. The highest BCUT2D eigenvalue weighted by Gasteiger charge is 2.39. The third kappa shape index (κ3) is 2.50. The highest BCUT2D eigenvalue weighted by molar-refractivity contribution is 8.13. The highest BCUT2D eigenvalue weighted by Crippen LogP contribution is 2.31. The molecule has 0 unspecified atom stereocenters. The lowest BCUT2D eigenvalue weighted by atomic mass is 9.82. The summed E-state index contributed by atoms with van der Waals surface area (Å²) in [6.07, 6.45) is 6.61. The van der Waals surface area contributed by atoms with Crippen LogP contribution in [-0.2, 0) is 9.59 Å². The largest absolute Gasteiger partial charge is 0.343 e. The van der Waals surface area contributed by atoms with Crippen molar-refractivity contribution in [2.75, 3.05) is 6.26 Å². The first-order chi connectivity index (χ1) is 6.60. The molecule has 1 saturated carbocycles. The van der Waals surface area contributed by atoms with E-state index in [0.29, 0.717) is 0 Å². The summed E-state index contributed by atoms with van der Waals surface area (Å²) < 4.78 is 0. The summed E-state index contributed by atoms with van der Waals surface area (Å²) in [7, 11) is 0. The van der Waals surface area contributed by atoms with Crippen LogP contribution in [0.4, 0.5) is 0 Å². The monoisotopic (exact) mass is 215 g/mol. The molecule has 0 aromatic heterocycles. The molecule has 0 saturated heterocycles. The number of carbonyl (C=O) groups excluding carboxylic acids is 2. The number of carbonyl (C=O) groups is 2. The molecular formula is C10H17NO2S. The molecular weight excluding hydrogens is 198 g/mol. The maximum atomic E-state index is 11.8. The van der Waals surface area contributed by atoms with Crippen LogP contribution < -0.4 is 5.32 Å². The minimum absolute atomic E-state index is 0.102. The smallest absolute Gasteiger partial charge is 0.217 e. The normalized spacial score (nSPS) is 20.1. The fraction of sp³-hybridized carbons (Fsp3) is 0.800. The Hall–Kier alpha value is -0.510. The van der Waals surface area contributed by atoms with Crippen LogP contribution in [0.2, 0.25) is 0 Å². The maximum Gasteiger partial charge on any atom is 0.217 e. The third-order valence-corrected chi connectivity index (χ3v) is 3.46. The molecule has 1 aliphatic carbocycles. The summed E-state index contributed by atoms with van der Waals surface area (Å²) in [6, 6.07) is 0. The van der Waals surface area contributed by atoms with E-state index in [2.05, 4.69) is 5.32 Å². The first-order valence-corrected chi connectivity index (χ1v) is 6.20. The highest BCUT2D eigenvalue weighted by atomic mass is 32.2. The van der Waals surface area contributed by atoms with Gasteiger partial charge in [-0.05, 0) is 19.1 Å². The zero-order valence-corrected chi connectivity index (χ0v) is 9.58. The van der Waals surface area contributed by atoms with E-state index in [0.717, 1.165) is 25.7 Å². The molecule has 0 heterocycles. The van der Waals surface area contributed by atoms with Crippen LogP contribution in [0, 0.1) is 0 Å². The Labute approximate surface area is 89.0 Å². The standard InChI is InChI=1S/C10H17NO2S/c1-8(12)11-10(9(13)14-2)6-4-3-5-7-10/h3-7H2,1-2H3,(H,11,12). The SMILES string of the molecule is CSC(=O)C1(NC(C)=O)CCCCC1. The van der Waals surface area contributed by atoms with Crippen molar-refractivity contribution >= 4 is 22.8 Å². The Morgan fingerprint density at radius 2 is 1.79 bits per heavy atom. The molecule has 4 heteroatoms. The minimum atomic E-state index is -0.566. The average Bonchev–Trinajstić information content (AvgIpc) is 2.17. The van der Waals surface area contributed by atoms with Crippen molar-refractivity contribution in [3.8, 4) is 0 Å². The van der Waals surface area contributed by atoms with Gasteiger partial charge in [0.15, 0.2) is 0 Å². The van der Waals surface area contributed by atoms with Gasteiger partial charge in [0.25, 0.3) is 0 Å². The minimum Gasteiger partial charge on any atom is -0.343 e. The van der Waals surface area contributed by atoms with E-state index in [4.69, 9.17) is 0 Å². The van der Waals surface area contributed by atoms with E-state index in [1.807, 2.05) is 0 Å². The Bertz CT molecular complexity index is 234. The fourth-order valence-corrected chi connectivity index (χ4v) is 2.71. The van der Waals surface area contributed by atoms with Gasteiger partial charge in [0.1, 0.15) is 5.54 Å². The Morgan fingerprint density at radius 1 is 1.21 bits per heavy atom. The van der Waals surface area contributed by atoms with E-state index in [1.165, 1.54) is 25.1 Å². The Balaban J connectivity index is 2.76. The first kappa shape index (κ1) is 11.6. The van der Waals surface area contributed by atoms with E-state index in [-0.39, 0.29) is 11.0 Å². The maximum absolute atomic E-state index is 11.8. The van der Waals surface area contributed by atoms with Crippen molar-refractivity contribution in [1.29, 1.82) is 0 Å². The van der Waals surface area contributed by atoms with Crippen molar-refractivity contribution in [2.45, 2.75) is 44.6 Å². The number of thioether (sulfide) groups is 1. The van der Waals surface area contributed by atoms with Crippen molar-refractivity contribution in [3.63, 3.8) is 0 Å². The lowest BCUT2D eigenvalue weighted by Crippen LogP contribution is -2.53. The fourth-order valence-electron chi connectivity index (χ4n) is 2.07. The molecule has 1 fully saturated rings. The quantitative estimate of drug-likeness (QED) is 0.763. The lowest BCUT2D eigenvalue weighted by molar-refractivity contribution is -0.127. The number of nitrogens with one attached hydrogen (secondary N) is 1. The molecule has 0 bridgehead atoms. The van der Waals surface area contributed by atoms with E-state index in [9.17, 15) is 9.59 Å². The summed E-state index contributed by atoms with van der Waals surface area (Å²) in [6.45, 7) is 1.48. The Kier molecular flexibility index (Phi) is 3.98. The van der Waals surface area contributed by atoms with Crippen LogP contribution in [0.5, 0.6) is 0 Å². The zero-order valence-electron chi connectivity index (χ0n) is 8.76. The van der Waals surface area contributed by atoms with Gasteiger partial charge < -0.3 is 5.32 Å². The van der Waals surface area contributed by atoms with Gasteiger partial charge in [-0.15, -0.1) is 0 Å². The van der Waals surface area contributed by atoms with Crippen molar-refractivity contribution in [2.24, 2.45) is 0 Å². The van der Waals surface area contributed by atoms with E-state index < -0.39 is 5.54 Å². The van der Waals surface area contributed by atoms with Crippen LogP contribution in [0.1, 0.15) is 39.0 Å². The molecule has 0 atom stereocenters. The van der Waals surface area contributed by atoms with Crippen molar-refractivity contribution in [1.82, 2.24) is 5.32 Å². The number of amides is 1. The molecule has 0 aliphatic heterocycles. The average molecular weight is 215 g/mol. The number of hydrogen-bond acceptors (Lipinski definition) is 3. The third-order valence-electron chi connectivity index (χ3n) is 2.70. The van der Waals surface area contributed by atoms with E-state index in [1.54, 1.807) is 6.26 Å². The predicted octanol–water partition coefficient (Wildman–Crippen LogP) is 1.71. The van der Waals surface area contributed by atoms with Crippen molar-refractivity contribution in [3.05, 3.63) is 0 Å². The summed E-state index contributed by atoms with van der Waals surface area (Å²) in [5, 5.41) is 2.94. The van der Waals surface area contributed by atoms with Crippen LogP contribution >= 0.6 is 11.8 Å². The molecule has 0 spiro atoms. The topological polar surface area (TPSA) is 46.2 Å². The van der Waals surface area contributed by atoms with Crippen LogP contribution in [0.25, 0.3) is 0 Å². The van der Waals surface area contributed by atoms with Crippen molar-refractivity contribution < 1.29 is 9.59 Å². The Morgan fingerprint density at radius 3 is 2.21 bits per heavy atom. The van der Waals surface area contributed by atoms with Gasteiger partial charge in [-0.3, -0.25) is 9.59 Å². The summed E-state index contributed by atoms with van der Waals surface area (Å²) in [5.41, 5.74) is -0.566. The zero-order chi connectivity index (χ0) is 10.6. The molecule has 14 heavy (non-hydrogen) atoms. The predicted molar refractivity (Wildman–Crippen MR) is 58.2 cm³/mol. The molecule has 1 rings (SSSR count). The number of hydrogen-bond donors (Lipinski definition) is 1. The van der Waals surface area contributed by atoms with Gasteiger partial charge in [0.05, 0.1) is 0 Å². The van der Waals surface area contributed by atoms with Crippen LogP contribution in [-0.4, -0.2) is 22.8 Å². The molecule has 0 aromatic carbocycles. The van der Waals surface area contributed by atoms with E-state index >= 15 is 0 Å².